The highest BCUT2D eigenvalue weighted by molar-refractivity contribution is 6.06. The summed E-state index contributed by atoms with van der Waals surface area (Å²) in [4.78, 5) is 9.79. The predicted molar refractivity (Wildman–Crippen MR) is 94.0 cm³/mol. The monoisotopic (exact) mass is 284 g/mol. The minimum atomic E-state index is 0.946. The lowest BCUT2D eigenvalue weighted by molar-refractivity contribution is 1.36. The van der Waals surface area contributed by atoms with E-state index in [1.165, 1.54) is 10.9 Å². The van der Waals surface area contributed by atoms with Crippen LogP contribution in [0.5, 0.6) is 0 Å². The second kappa shape index (κ2) is 4.92. The smallest absolute Gasteiger partial charge is 0.0973 e. The summed E-state index contributed by atoms with van der Waals surface area (Å²) in [6.07, 6.45) is 4.17. The summed E-state index contributed by atoms with van der Waals surface area (Å²) in [5.74, 6) is 0. The molecule has 1 aromatic heterocycles. The summed E-state index contributed by atoms with van der Waals surface area (Å²) in [7, 11) is 0. The van der Waals surface area contributed by atoms with Gasteiger partial charge in [-0.25, -0.2) is 9.97 Å². The lowest BCUT2D eigenvalue weighted by atomic mass is 10.0. The Bertz CT molecular complexity index is 1050. The van der Waals surface area contributed by atoms with E-state index in [1.54, 1.807) is 0 Å². The average Bonchev–Trinajstić information content (AvgIpc) is 2.56. The molecule has 3 aromatic carbocycles. The number of allylic oxidation sites excluding steroid dienone is 1. The Morgan fingerprint density at radius 3 is 2.45 bits per heavy atom. The zero-order chi connectivity index (χ0) is 15.1. The Kier molecular flexibility index (Phi) is 2.90. The minimum absolute atomic E-state index is 0.946. The molecule has 0 unspecified atom stereocenters. The van der Waals surface area contributed by atoms with E-state index in [4.69, 9.17) is 9.97 Å². The van der Waals surface area contributed by atoms with Gasteiger partial charge in [-0.1, -0.05) is 48.6 Å². The Balaban J connectivity index is 2.21. The molecule has 0 atom stereocenters. The number of aromatic nitrogens is 2. The van der Waals surface area contributed by atoms with Crippen LogP contribution < -0.4 is 0 Å². The van der Waals surface area contributed by atoms with Crippen molar-refractivity contribution in [1.82, 2.24) is 9.97 Å². The number of hydrogen-bond acceptors (Lipinski definition) is 2. The van der Waals surface area contributed by atoms with Crippen molar-refractivity contribution < 1.29 is 0 Å². The van der Waals surface area contributed by atoms with Crippen molar-refractivity contribution in [3.8, 4) is 0 Å². The minimum Gasteiger partial charge on any atom is -0.244 e. The maximum atomic E-state index is 4.97. The standard InChI is InChI=1S/C20H16N2/c1-3-6-15-13(2)9-11-17-19(15)22-20-16-8-5-4-7-14(16)10-12-18(20)21-17/h3-12H,1-2H3/b6-3-. The second-order valence-electron chi connectivity index (χ2n) is 5.54. The molecular formula is C20H16N2. The fourth-order valence-corrected chi connectivity index (χ4v) is 2.98. The largest absolute Gasteiger partial charge is 0.244 e. The van der Waals surface area contributed by atoms with Crippen LogP contribution in [0.2, 0.25) is 0 Å². The Hall–Kier alpha value is -2.74. The molecule has 0 bridgehead atoms. The molecule has 106 valence electrons. The van der Waals surface area contributed by atoms with E-state index in [2.05, 4.69) is 67.6 Å². The molecule has 0 amide bonds. The van der Waals surface area contributed by atoms with Gasteiger partial charge in [0.1, 0.15) is 0 Å². The summed E-state index contributed by atoms with van der Waals surface area (Å²) in [5.41, 5.74) is 6.22. The molecule has 0 aliphatic carbocycles. The van der Waals surface area contributed by atoms with Crippen molar-refractivity contribution in [3.05, 3.63) is 65.7 Å². The lowest BCUT2D eigenvalue weighted by Crippen LogP contribution is -1.93. The fourth-order valence-electron chi connectivity index (χ4n) is 2.98. The Morgan fingerprint density at radius 2 is 1.59 bits per heavy atom. The van der Waals surface area contributed by atoms with Gasteiger partial charge in [-0.3, -0.25) is 0 Å². The van der Waals surface area contributed by atoms with E-state index in [0.717, 1.165) is 33.0 Å². The van der Waals surface area contributed by atoms with Gasteiger partial charge in [-0.15, -0.1) is 0 Å². The van der Waals surface area contributed by atoms with Crippen LogP contribution in [-0.2, 0) is 0 Å². The summed E-state index contributed by atoms with van der Waals surface area (Å²) in [5, 5.41) is 2.35. The third kappa shape index (κ3) is 1.88. The number of rotatable bonds is 1. The zero-order valence-electron chi connectivity index (χ0n) is 12.7. The summed E-state index contributed by atoms with van der Waals surface area (Å²) >= 11 is 0. The van der Waals surface area contributed by atoms with E-state index < -0.39 is 0 Å². The topological polar surface area (TPSA) is 25.8 Å². The molecule has 0 N–H and O–H groups in total. The molecule has 4 rings (SSSR count). The SMILES string of the molecule is C/C=C\c1c(C)ccc2nc3ccc4ccccc4c3nc12. The van der Waals surface area contributed by atoms with Gasteiger partial charge >= 0.3 is 0 Å². The molecule has 0 aliphatic rings. The molecular weight excluding hydrogens is 268 g/mol. The molecule has 0 spiro atoms. The van der Waals surface area contributed by atoms with Crippen LogP contribution in [0.25, 0.3) is 38.9 Å². The Labute approximate surface area is 129 Å². The van der Waals surface area contributed by atoms with E-state index in [1.807, 2.05) is 6.92 Å². The van der Waals surface area contributed by atoms with Crippen LogP contribution in [0.3, 0.4) is 0 Å². The normalized spacial score (nSPS) is 11.9. The van der Waals surface area contributed by atoms with Crippen molar-refractivity contribution in [1.29, 1.82) is 0 Å². The van der Waals surface area contributed by atoms with E-state index in [9.17, 15) is 0 Å². The van der Waals surface area contributed by atoms with E-state index in [0.29, 0.717) is 0 Å². The molecule has 0 radical (unpaired) electrons. The first-order chi connectivity index (χ1) is 10.8. The molecule has 2 nitrogen and oxygen atoms in total. The highest BCUT2D eigenvalue weighted by atomic mass is 14.8. The molecule has 0 saturated carbocycles. The lowest BCUT2D eigenvalue weighted by Gasteiger charge is -2.08. The van der Waals surface area contributed by atoms with Gasteiger partial charge in [0.15, 0.2) is 0 Å². The van der Waals surface area contributed by atoms with Gasteiger partial charge in [0.05, 0.1) is 22.1 Å². The van der Waals surface area contributed by atoms with Crippen LogP contribution in [0.1, 0.15) is 18.1 Å². The van der Waals surface area contributed by atoms with E-state index in [-0.39, 0.29) is 0 Å². The third-order valence-corrected chi connectivity index (χ3v) is 4.09. The molecule has 0 aliphatic heterocycles. The third-order valence-electron chi connectivity index (χ3n) is 4.09. The van der Waals surface area contributed by atoms with Crippen molar-refractivity contribution >= 4 is 38.9 Å². The highest BCUT2D eigenvalue weighted by Crippen LogP contribution is 2.27. The number of benzene rings is 3. The second-order valence-corrected chi connectivity index (χ2v) is 5.54. The van der Waals surface area contributed by atoms with E-state index >= 15 is 0 Å². The van der Waals surface area contributed by atoms with Gasteiger partial charge in [0.25, 0.3) is 0 Å². The first-order valence-corrected chi connectivity index (χ1v) is 7.49. The maximum absolute atomic E-state index is 4.97. The number of nitrogens with zero attached hydrogens (tertiary/aromatic N) is 2. The van der Waals surface area contributed by atoms with Crippen LogP contribution in [0.15, 0.2) is 54.6 Å². The zero-order valence-corrected chi connectivity index (χ0v) is 12.7. The van der Waals surface area contributed by atoms with Gasteiger partial charge in [0, 0.05) is 10.9 Å². The summed E-state index contributed by atoms with van der Waals surface area (Å²) < 4.78 is 0. The summed E-state index contributed by atoms with van der Waals surface area (Å²) in [6.45, 7) is 4.14. The van der Waals surface area contributed by atoms with Crippen molar-refractivity contribution in [2.75, 3.05) is 0 Å². The van der Waals surface area contributed by atoms with Gasteiger partial charge in [-0.2, -0.15) is 0 Å². The van der Waals surface area contributed by atoms with Crippen molar-refractivity contribution in [3.63, 3.8) is 0 Å². The molecule has 0 fully saturated rings. The average molecular weight is 284 g/mol. The maximum Gasteiger partial charge on any atom is 0.0973 e. The number of hydrogen-bond donors (Lipinski definition) is 0. The Morgan fingerprint density at radius 1 is 0.818 bits per heavy atom. The molecule has 0 saturated heterocycles. The first kappa shape index (κ1) is 13.0. The van der Waals surface area contributed by atoms with Crippen LogP contribution in [-0.4, -0.2) is 9.97 Å². The summed E-state index contributed by atoms with van der Waals surface area (Å²) in [6, 6.07) is 16.7. The van der Waals surface area contributed by atoms with Gasteiger partial charge < -0.3 is 0 Å². The number of aryl methyl sites for hydroxylation is 1. The predicted octanol–water partition coefficient (Wildman–Crippen LogP) is 5.28. The first-order valence-electron chi connectivity index (χ1n) is 7.49. The highest BCUT2D eigenvalue weighted by Gasteiger charge is 2.09. The van der Waals surface area contributed by atoms with Crippen molar-refractivity contribution in [2.45, 2.75) is 13.8 Å². The van der Waals surface area contributed by atoms with Gasteiger partial charge in [-0.05, 0) is 36.9 Å². The molecule has 1 heterocycles. The van der Waals surface area contributed by atoms with Crippen LogP contribution >= 0.6 is 0 Å². The van der Waals surface area contributed by atoms with Crippen LogP contribution in [0.4, 0.5) is 0 Å². The van der Waals surface area contributed by atoms with Crippen molar-refractivity contribution in [2.24, 2.45) is 0 Å². The number of fused-ring (bicyclic) bond motifs is 4. The molecule has 22 heavy (non-hydrogen) atoms. The van der Waals surface area contributed by atoms with Crippen LogP contribution in [0, 0.1) is 6.92 Å². The molecule has 4 aromatic rings. The fraction of sp³-hybridized carbons (Fsp3) is 0.100. The molecule has 2 heteroatoms. The quantitative estimate of drug-likeness (QED) is 0.351. The van der Waals surface area contributed by atoms with Gasteiger partial charge in [0.2, 0.25) is 0 Å².